The predicted octanol–water partition coefficient (Wildman–Crippen LogP) is 2.76. The van der Waals surface area contributed by atoms with Crippen LogP contribution in [-0.4, -0.2) is 30.3 Å². The molecule has 1 amide bonds. The van der Waals surface area contributed by atoms with Gasteiger partial charge in [0.25, 0.3) is 0 Å². The van der Waals surface area contributed by atoms with Gasteiger partial charge in [-0.2, -0.15) is 13.2 Å². The van der Waals surface area contributed by atoms with E-state index in [1.54, 1.807) is 18.2 Å². The molecule has 0 bridgehead atoms. The Morgan fingerprint density at radius 3 is 2.57 bits per heavy atom. The Hall–Kier alpha value is -2.36. The maximum atomic E-state index is 12.4. The molecule has 10 heteroatoms. The highest BCUT2D eigenvalue weighted by Gasteiger charge is 2.35. The van der Waals surface area contributed by atoms with E-state index in [2.05, 4.69) is 15.5 Å². The molecule has 1 aromatic carbocycles. The second kappa shape index (κ2) is 6.82. The summed E-state index contributed by atoms with van der Waals surface area (Å²) in [4.78, 5) is 12.0. The Labute approximate surface area is 133 Å². The molecular formula is C13H12F3N3O3S. The van der Waals surface area contributed by atoms with E-state index >= 15 is 0 Å². The summed E-state index contributed by atoms with van der Waals surface area (Å²) in [5, 5.41) is 7.24. The molecule has 0 unspecified atom stereocenters. The summed E-state index contributed by atoms with van der Waals surface area (Å²) in [5.41, 5.74) is 0.532. The number of nitrogens with zero attached hydrogens (tertiary/aromatic N) is 2. The summed E-state index contributed by atoms with van der Waals surface area (Å²) in [7, 11) is 2.93. The average molecular weight is 347 g/mol. The number of carbonyl (C=O) groups is 1. The van der Waals surface area contributed by atoms with Gasteiger partial charge in [-0.25, -0.2) is 0 Å². The standard InChI is InChI=1S/C13H12F3N3O3S/c1-21-8-3-4-9(22-2)7(5-8)6-10(20)17-12-19-18-11(23-12)13(14,15)16/h3-5H,6H2,1-2H3,(H,17,19,20). The first-order valence-corrected chi connectivity index (χ1v) is 7.06. The number of methoxy groups -OCH3 is 2. The fourth-order valence-corrected chi connectivity index (χ4v) is 2.37. The van der Waals surface area contributed by atoms with Crippen LogP contribution in [0, 0.1) is 0 Å². The third kappa shape index (κ3) is 4.31. The van der Waals surface area contributed by atoms with Gasteiger partial charge in [0.15, 0.2) is 0 Å². The third-order valence-corrected chi connectivity index (χ3v) is 3.64. The smallest absolute Gasteiger partial charge is 0.445 e. The Bertz CT molecular complexity index is 703. The van der Waals surface area contributed by atoms with Crippen LogP contribution in [-0.2, 0) is 17.4 Å². The minimum Gasteiger partial charge on any atom is -0.497 e. The molecule has 2 aromatic rings. The first-order valence-electron chi connectivity index (χ1n) is 6.25. The van der Waals surface area contributed by atoms with Crippen molar-refractivity contribution in [3.8, 4) is 11.5 Å². The molecule has 1 aromatic heterocycles. The van der Waals surface area contributed by atoms with E-state index in [1.165, 1.54) is 14.2 Å². The van der Waals surface area contributed by atoms with Crippen LogP contribution >= 0.6 is 11.3 Å². The van der Waals surface area contributed by atoms with Gasteiger partial charge in [-0.15, -0.1) is 10.2 Å². The minimum atomic E-state index is -4.59. The first-order chi connectivity index (χ1) is 10.8. The van der Waals surface area contributed by atoms with Crippen LogP contribution in [0.2, 0.25) is 0 Å². The summed E-state index contributed by atoms with van der Waals surface area (Å²) < 4.78 is 47.5. The van der Waals surface area contributed by atoms with E-state index in [4.69, 9.17) is 9.47 Å². The van der Waals surface area contributed by atoms with Crippen LogP contribution in [0.25, 0.3) is 0 Å². The van der Waals surface area contributed by atoms with Gasteiger partial charge >= 0.3 is 6.18 Å². The van der Waals surface area contributed by atoms with E-state index < -0.39 is 17.1 Å². The molecule has 0 saturated heterocycles. The molecule has 0 saturated carbocycles. The maximum absolute atomic E-state index is 12.4. The molecular weight excluding hydrogens is 335 g/mol. The highest BCUT2D eigenvalue weighted by atomic mass is 32.1. The molecule has 0 fully saturated rings. The monoisotopic (exact) mass is 347 g/mol. The Morgan fingerprint density at radius 1 is 1.26 bits per heavy atom. The van der Waals surface area contributed by atoms with Gasteiger partial charge in [0.05, 0.1) is 20.6 Å². The van der Waals surface area contributed by atoms with Gasteiger partial charge in [0.2, 0.25) is 16.0 Å². The number of amides is 1. The molecule has 2 rings (SSSR count). The molecule has 0 atom stereocenters. The van der Waals surface area contributed by atoms with Gasteiger partial charge in [-0.3, -0.25) is 4.79 Å². The van der Waals surface area contributed by atoms with E-state index in [9.17, 15) is 18.0 Å². The van der Waals surface area contributed by atoms with E-state index in [0.717, 1.165) is 0 Å². The first kappa shape index (κ1) is 17.0. The van der Waals surface area contributed by atoms with Crippen LogP contribution in [0.3, 0.4) is 0 Å². The maximum Gasteiger partial charge on any atom is 0.445 e. The van der Waals surface area contributed by atoms with Crippen molar-refractivity contribution in [2.75, 3.05) is 19.5 Å². The number of nitrogens with one attached hydrogen (secondary N) is 1. The van der Waals surface area contributed by atoms with Crippen molar-refractivity contribution in [2.24, 2.45) is 0 Å². The quantitative estimate of drug-likeness (QED) is 0.900. The van der Waals surface area contributed by atoms with E-state index in [1.807, 2.05) is 0 Å². The van der Waals surface area contributed by atoms with Crippen molar-refractivity contribution >= 4 is 22.4 Å². The Kier molecular flexibility index (Phi) is 5.04. The fourth-order valence-electron chi connectivity index (χ4n) is 1.74. The Morgan fingerprint density at radius 2 is 2.00 bits per heavy atom. The molecule has 0 aliphatic rings. The average Bonchev–Trinajstić information content (AvgIpc) is 2.95. The van der Waals surface area contributed by atoms with Gasteiger partial charge in [0, 0.05) is 5.56 Å². The van der Waals surface area contributed by atoms with Gasteiger partial charge in [0.1, 0.15) is 11.5 Å². The molecule has 0 aliphatic carbocycles. The lowest BCUT2D eigenvalue weighted by atomic mass is 10.1. The predicted molar refractivity (Wildman–Crippen MR) is 76.8 cm³/mol. The van der Waals surface area contributed by atoms with Crippen LogP contribution in [0.4, 0.5) is 18.3 Å². The molecule has 23 heavy (non-hydrogen) atoms. The molecule has 1 N–H and O–H groups in total. The van der Waals surface area contributed by atoms with Crippen molar-refractivity contribution in [3.05, 3.63) is 28.8 Å². The minimum absolute atomic E-state index is 0.110. The van der Waals surface area contributed by atoms with Crippen LogP contribution in [0.15, 0.2) is 18.2 Å². The molecule has 0 aliphatic heterocycles. The number of ether oxygens (including phenoxy) is 2. The largest absolute Gasteiger partial charge is 0.497 e. The van der Waals surface area contributed by atoms with E-state index in [0.29, 0.717) is 17.1 Å². The lowest BCUT2D eigenvalue weighted by Crippen LogP contribution is -2.14. The topological polar surface area (TPSA) is 73.3 Å². The fraction of sp³-hybridized carbons (Fsp3) is 0.308. The van der Waals surface area contributed by atoms with Gasteiger partial charge in [-0.1, -0.05) is 11.3 Å². The summed E-state index contributed by atoms with van der Waals surface area (Å²) >= 11 is 0.261. The van der Waals surface area contributed by atoms with Crippen molar-refractivity contribution < 1.29 is 27.4 Å². The molecule has 124 valence electrons. The molecule has 6 nitrogen and oxygen atoms in total. The van der Waals surface area contributed by atoms with Crippen molar-refractivity contribution in [2.45, 2.75) is 12.6 Å². The SMILES string of the molecule is COc1ccc(OC)c(CC(=O)Nc2nnc(C(F)(F)F)s2)c1. The molecule has 0 spiro atoms. The van der Waals surface area contributed by atoms with Crippen molar-refractivity contribution in [3.63, 3.8) is 0 Å². The number of hydrogen-bond donors (Lipinski definition) is 1. The van der Waals surface area contributed by atoms with Gasteiger partial charge < -0.3 is 14.8 Å². The third-order valence-electron chi connectivity index (χ3n) is 2.75. The van der Waals surface area contributed by atoms with Crippen molar-refractivity contribution in [1.29, 1.82) is 0 Å². The summed E-state index contributed by atoms with van der Waals surface area (Å²) in [6.07, 6.45) is -4.70. The highest BCUT2D eigenvalue weighted by Crippen LogP contribution is 2.33. The zero-order valence-electron chi connectivity index (χ0n) is 12.1. The number of anilines is 1. The number of aromatic nitrogens is 2. The number of carbonyl (C=O) groups excluding carboxylic acids is 1. The number of hydrogen-bond acceptors (Lipinski definition) is 6. The number of alkyl halides is 3. The highest BCUT2D eigenvalue weighted by molar-refractivity contribution is 7.15. The normalized spacial score (nSPS) is 11.2. The summed E-state index contributed by atoms with van der Waals surface area (Å²) in [6, 6.07) is 4.91. The van der Waals surface area contributed by atoms with Gasteiger partial charge in [-0.05, 0) is 18.2 Å². The summed E-state index contributed by atoms with van der Waals surface area (Å²) in [6.45, 7) is 0. The Balaban J connectivity index is 2.09. The lowest BCUT2D eigenvalue weighted by Gasteiger charge is -2.10. The summed E-state index contributed by atoms with van der Waals surface area (Å²) in [5.74, 6) is 0.458. The van der Waals surface area contributed by atoms with Crippen molar-refractivity contribution in [1.82, 2.24) is 10.2 Å². The zero-order valence-corrected chi connectivity index (χ0v) is 12.9. The number of halogens is 3. The van der Waals surface area contributed by atoms with Crippen LogP contribution in [0.5, 0.6) is 11.5 Å². The number of rotatable bonds is 5. The zero-order chi connectivity index (χ0) is 17.0. The second-order valence-electron chi connectivity index (χ2n) is 4.31. The second-order valence-corrected chi connectivity index (χ2v) is 5.29. The lowest BCUT2D eigenvalue weighted by molar-refractivity contribution is -0.138. The van der Waals surface area contributed by atoms with Crippen LogP contribution in [0.1, 0.15) is 10.6 Å². The number of benzene rings is 1. The molecule has 0 radical (unpaired) electrons. The van der Waals surface area contributed by atoms with Crippen LogP contribution < -0.4 is 14.8 Å². The molecule has 1 heterocycles. The van der Waals surface area contributed by atoms with E-state index in [-0.39, 0.29) is 22.9 Å².